The van der Waals surface area contributed by atoms with Crippen molar-refractivity contribution in [3.8, 4) is 5.75 Å². The van der Waals surface area contributed by atoms with Crippen LogP contribution in [0.4, 0.5) is 0 Å². The third kappa shape index (κ3) is 3.04. The van der Waals surface area contributed by atoms with Crippen LogP contribution in [-0.2, 0) is 0 Å². The maximum Gasteiger partial charge on any atom is 0.346 e. The molecule has 0 radical (unpaired) electrons. The first kappa shape index (κ1) is 9.97. The molecular weight excluding hydrogens is 164 g/mol. The number of thiophene rings is 1. The zero-order chi connectivity index (χ0) is 8.85. The fourth-order valence-corrected chi connectivity index (χ4v) is 1.04. The van der Waals surface area contributed by atoms with E-state index in [1.54, 1.807) is 0 Å². The second-order valence-electron chi connectivity index (χ2n) is 1.47. The second kappa shape index (κ2) is 4.73. The van der Waals surface area contributed by atoms with Crippen molar-refractivity contribution in [2.45, 2.75) is 13.8 Å². The number of carboxylic acid groups (broad SMARTS) is 1. The monoisotopic (exact) mass is 174 g/mol. The highest BCUT2D eigenvalue weighted by atomic mass is 32.1. The van der Waals surface area contributed by atoms with Gasteiger partial charge in [0.15, 0.2) is 0 Å². The van der Waals surface area contributed by atoms with Crippen molar-refractivity contribution in [2.24, 2.45) is 0 Å². The van der Waals surface area contributed by atoms with Crippen molar-refractivity contribution in [3.63, 3.8) is 0 Å². The molecule has 3 nitrogen and oxygen atoms in total. The summed E-state index contributed by atoms with van der Waals surface area (Å²) in [6.45, 7) is 4.00. The lowest BCUT2D eigenvalue weighted by Crippen LogP contribution is -1.89. The summed E-state index contributed by atoms with van der Waals surface area (Å²) in [4.78, 5) is 10.3. The third-order valence-electron chi connectivity index (χ3n) is 0.796. The van der Waals surface area contributed by atoms with Crippen LogP contribution in [0.15, 0.2) is 11.4 Å². The standard InChI is InChI=1S/C5H4O3S.C2H6/c6-3-1-4(5(7)8)9-2-3;1-2/h1-2,6H,(H,7,8);1-2H3. The first-order chi connectivity index (χ1) is 5.20. The molecule has 1 heterocycles. The average molecular weight is 174 g/mol. The summed E-state index contributed by atoms with van der Waals surface area (Å²) in [5, 5.41) is 18.3. The molecule has 0 bridgehead atoms. The van der Waals surface area contributed by atoms with Gasteiger partial charge in [-0.1, -0.05) is 13.8 Å². The molecule has 0 saturated heterocycles. The normalized spacial score (nSPS) is 8.18. The number of hydrogen-bond acceptors (Lipinski definition) is 3. The van der Waals surface area contributed by atoms with Crippen molar-refractivity contribution < 1.29 is 15.0 Å². The number of aromatic carboxylic acids is 1. The number of carbonyl (C=O) groups is 1. The molecule has 0 aliphatic heterocycles. The molecule has 11 heavy (non-hydrogen) atoms. The van der Waals surface area contributed by atoms with Crippen molar-refractivity contribution >= 4 is 17.3 Å². The predicted octanol–water partition coefficient (Wildman–Crippen LogP) is 2.18. The minimum Gasteiger partial charge on any atom is -0.507 e. The molecule has 0 amide bonds. The average Bonchev–Trinajstić information content (AvgIpc) is 2.40. The fourth-order valence-electron chi connectivity index (χ4n) is 0.438. The molecule has 4 heteroatoms. The molecule has 2 N–H and O–H groups in total. The first-order valence-electron chi connectivity index (χ1n) is 3.21. The zero-order valence-corrected chi connectivity index (χ0v) is 7.18. The largest absolute Gasteiger partial charge is 0.507 e. The molecule has 0 spiro atoms. The molecule has 0 saturated carbocycles. The fraction of sp³-hybridized carbons (Fsp3) is 0.286. The lowest BCUT2D eigenvalue weighted by Gasteiger charge is -1.79. The Morgan fingerprint density at radius 2 is 2.09 bits per heavy atom. The Labute approximate surface area is 68.9 Å². The van der Waals surface area contributed by atoms with Crippen molar-refractivity contribution in [1.29, 1.82) is 0 Å². The molecule has 1 aromatic heterocycles. The Morgan fingerprint density at radius 3 is 2.27 bits per heavy atom. The van der Waals surface area contributed by atoms with Crippen molar-refractivity contribution in [1.82, 2.24) is 0 Å². The van der Waals surface area contributed by atoms with Gasteiger partial charge in [-0.2, -0.15) is 0 Å². The number of aromatic hydroxyl groups is 1. The molecule has 0 aliphatic rings. The Kier molecular flexibility index (Phi) is 4.29. The lowest BCUT2D eigenvalue weighted by molar-refractivity contribution is 0.0702. The minimum atomic E-state index is -1.000. The SMILES string of the molecule is CC.O=C(O)c1cc(O)cs1. The molecule has 0 atom stereocenters. The molecular formula is C7H10O3S. The number of hydrogen-bond donors (Lipinski definition) is 2. The summed E-state index contributed by atoms with van der Waals surface area (Å²) < 4.78 is 0. The van der Waals surface area contributed by atoms with E-state index in [9.17, 15) is 4.79 Å². The van der Waals surface area contributed by atoms with Crippen LogP contribution in [0, 0.1) is 0 Å². The van der Waals surface area contributed by atoms with Gasteiger partial charge in [-0.25, -0.2) is 4.79 Å². The van der Waals surface area contributed by atoms with Crippen LogP contribution in [0.5, 0.6) is 5.75 Å². The Morgan fingerprint density at radius 1 is 1.55 bits per heavy atom. The highest BCUT2D eigenvalue weighted by Crippen LogP contribution is 2.19. The van der Waals surface area contributed by atoms with E-state index in [1.165, 1.54) is 11.4 Å². The summed E-state index contributed by atoms with van der Waals surface area (Å²) in [5.41, 5.74) is 0. The quantitative estimate of drug-likeness (QED) is 0.686. The molecule has 0 aliphatic carbocycles. The van der Waals surface area contributed by atoms with E-state index in [0.29, 0.717) is 0 Å². The molecule has 0 fully saturated rings. The van der Waals surface area contributed by atoms with Gasteiger partial charge >= 0.3 is 5.97 Å². The van der Waals surface area contributed by atoms with Crippen LogP contribution in [0.2, 0.25) is 0 Å². The van der Waals surface area contributed by atoms with Gasteiger partial charge in [-0.15, -0.1) is 11.3 Å². The molecule has 0 unspecified atom stereocenters. The van der Waals surface area contributed by atoms with Crippen LogP contribution in [-0.4, -0.2) is 16.2 Å². The zero-order valence-electron chi connectivity index (χ0n) is 6.37. The van der Waals surface area contributed by atoms with Gasteiger partial charge in [-0.05, 0) is 0 Å². The maximum absolute atomic E-state index is 10.1. The summed E-state index contributed by atoms with van der Waals surface area (Å²) in [7, 11) is 0. The summed E-state index contributed by atoms with van der Waals surface area (Å²) in [6.07, 6.45) is 0. The smallest absolute Gasteiger partial charge is 0.346 e. The topological polar surface area (TPSA) is 57.5 Å². The lowest BCUT2D eigenvalue weighted by atomic mass is 10.5. The Bertz CT molecular complexity index is 229. The van der Waals surface area contributed by atoms with Gasteiger partial charge in [0, 0.05) is 11.4 Å². The van der Waals surface area contributed by atoms with E-state index < -0.39 is 5.97 Å². The van der Waals surface area contributed by atoms with E-state index >= 15 is 0 Å². The van der Waals surface area contributed by atoms with Gasteiger partial charge in [0.05, 0.1) is 0 Å². The van der Waals surface area contributed by atoms with E-state index in [-0.39, 0.29) is 10.6 Å². The van der Waals surface area contributed by atoms with Gasteiger partial charge in [0.1, 0.15) is 10.6 Å². The van der Waals surface area contributed by atoms with Gasteiger partial charge < -0.3 is 10.2 Å². The van der Waals surface area contributed by atoms with E-state index in [4.69, 9.17) is 10.2 Å². The highest BCUT2D eigenvalue weighted by molar-refractivity contribution is 7.12. The highest BCUT2D eigenvalue weighted by Gasteiger charge is 2.04. The van der Waals surface area contributed by atoms with Crippen LogP contribution >= 0.6 is 11.3 Å². The number of carboxylic acids is 1. The first-order valence-corrected chi connectivity index (χ1v) is 4.09. The summed E-state index contributed by atoms with van der Waals surface area (Å²) in [5.74, 6) is -0.988. The number of rotatable bonds is 1. The van der Waals surface area contributed by atoms with E-state index in [0.717, 1.165) is 11.3 Å². The minimum absolute atomic E-state index is 0.0115. The summed E-state index contributed by atoms with van der Waals surface area (Å²) in [6, 6.07) is 1.22. The predicted molar refractivity (Wildman–Crippen MR) is 44.3 cm³/mol. The second-order valence-corrected chi connectivity index (χ2v) is 2.39. The Balaban J connectivity index is 0.000000461. The van der Waals surface area contributed by atoms with Crippen molar-refractivity contribution in [3.05, 3.63) is 16.3 Å². The van der Waals surface area contributed by atoms with Crippen LogP contribution in [0.3, 0.4) is 0 Å². The van der Waals surface area contributed by atoms with Gasteiger partial charge in [0.25, 0.3) is 0 Å². The molecule has 0 aromatic carbocycles. The summed E-state index contributed by atoms with van der Waals surface area (Å²) >= 11 is 1.01. The van der Waals surface area contributed by atoms with Gasteiger partial charge in [0.2, 0.25) is 0 Å². The van der Waals surface area contributed by atoms with Gasteiger partial charge in [-0.3, -0.25) is 0 Å². The van der Waals surface area contributed by atoms with Crippen LogP contribution in [0.1, 0.15) is 23.5 Å². The van der Waals surface area contributed by atoms with Crippen molar-refractivity contribution in [2.75, 3.05) is 0 Å². The van der Waals surface area contributed by atoms with E-state index in [2.05, 4.69) is 0 Å². The maximum atomic E-state index is 10.1. The molecule has 62 valence electrons. The third-order valence-corrected chi connectivity index (χ3v) is 1.70. The molecule has 1 aromatic rings. The Hall–Kier alpha value is -1.03. The van der Waals surface area contributed by atoms with Crippen LogP contribution < -0.4 is 0 Å². The molecule has 1 rings (SSSR count). The van der Waals surface area contributed by atoms with E-state index in [1.807, 2.05) is 13.8 Å². The van der Waals surface area contributed by atoms with Crippen LogP contribution in [0.25, 0.3) is 0 Å².